The highest BCUT2D eigenvalue weighted by molar-refractivity contribution is 5.84. The number of hydrogen-bond donors (Lipinski definition) is 1. The van der Waals surface area contributed by atoms with Crippen molar-refractivity contribution in [2.45, 2.75) is 51.3 Å². The second kappa shape index (κ2) is 8.39. The third kappa shape index (κ3) is 4.47. The van der Waals surface area contributed by atoms with E-state index in [0.29, 0.717) is 5.92 Å². The van der Waals surface area contributed by atoms with Gasteiger partial charge in [0.1, 0.15) is 11.9 Å². The SMILES string of the molecule is C#CC1CN2CCC1C[C@H]2[C@H](OC(=O)NC(C)(C)C)c1ccnc2ccc(OC)cc12. The minimum atomic E-state index is -0.429. The summed E-state index contributed by atoms with van der Waals surface area (Å²) in [6.07, 6.45) is 8.73. The molecule has 0 aliphatic carbocycles. The molecule has 2 aromatic rings. The minimum absolute atomic E-state index is 0.0749. The van der Waals surface area contributed by atoms with Crippen LogP contribution in [0.3, 0.4) is 0 Å². The van der Waals surface area contributed by atoms with E-state index in [4.69, 9.17) is 15.9 Å². The van der Waals surface area contributed by atoms with Crippen LogP contribution < -0.4 is 10.1 Å². The summed E-state index contributed by atoms with van der Waals surface area (Å²) < 4.78 is 11.6. The number of benzene rings is 1. The molecule has 164 valence electrons. The number of rotatable bonds is 4. The summed E-state index contributed by atoms with van der Waals surface area (Å²) in [7, 11) is 1.65. The van der Waals surface area contributed by atoms with Gasteiger partial charge in [-0.1, -0.05) is 0 Å². The first-order valence-corrected chi connectivity index (χ1v) is 10.9. The van der Waals surface area contributed by atoms with E-state index in [1.54, 1.807) is 13.3 Å². The lowest BCUT2D eigenvalue weighted by molar-refractivity contribution is -0.0489. The van der Waals surface area contributed by atoms with Crippen molar-refractivity contribution in [3.8, 4) is 18.1 Å². The van der Waals surface area contributed by atoms with E-state index in [1.807, 2.05) is 45.0 Å². The number of ether oxygens (including phenoxy) is 2. The molecule has 3 fully saturated rings. The summed E-state index contributed by atoms with van der Waals surface area (Å²) in [5, 5.41) is 3.88. The van der Waals surface area contributed by atoms with Gasteiger partial charge in [-0.3, -0.25) is 9.88 Å². The molecule has 31 heavy (non-hydrogen) atoms. The van der Waals surface area contributed by atoms with Crippen molar-refractivity contribution in [2.75, 3.05) is 20.2 Å². The third-order valence-electron chi connectivity index (χ3n) is 6.36. The Morgan fingerprint density at radius 3 is 2.81 bits per heavy atom. The summed E-state index contributed by atoms with van der Waals surface area (Å²) in [5.41, 5.74) is 1.41. The van der Waals surface area contributed by atoms with E-state index in [2.05, 4.69) is 21.1 Å². The quantitative estimate of drug-likeness (QED) is 0.752. The van der Waals surface area contributed by atoms with Crippen LogP contribution in [0.5, 0.6) is 5.75 Å². The van der Waals surface area contributed by atoms with Crippen molar-refractivity contribution in [1.29, 1.82) is 0 Å². The number of pyridine rings is 1. The zero-order valence-electron chi connectivity index (χ0n) is 18.7. The van der Waals surface area contributed by atoms with Crippen LogP contribution in [0.15, 0.2) is 30.5 Å². The van der Waals surface area contributed by atoms with Crippen LogP contribution in [0, 0.1) is 24.2 Å². The lowest BCUT2D eigenvalue weighted by atomic mass is 9.74. The molecule has 5 atom stereocenters. The number of nitrogens with one attached hydrogen (secondary N) is 1. The second-order valence-electron chi connectivity index (χ2n) is 9.60. The number of carbonyl (C=O) groups excluding carboxylic acids is 1. The van der Waals surface area contributed by atoms with Gasteiger partial charge >= 0.3 is 6.09 Å². The molecule has 6 nitrogen and oxygen atoms in total. The standard InChI is InChI=1S/C25H31N3O3/c1-6-16-15-28-12-10-17(16)13-22(28)23(31-24(29)27-25(2,3)4)19-9-11-26-21-8-7-18(30-5)14-20(19)21/h1,7-9,11,14,16-17,22-23H,10,12-13,15H2,2-5H3,(H,27,29)/t16?,17?,22-,23+/m0/s1. The molecule has 0 spiro atoms. The lowest BCUT2D eigenvalue weighted by Gasteiger charge is -2.50. The maximum atomic E-state index is 12.8. The van der Waals surface area contributed by atoms with Gasteiger partial charge in [-0.15, -0.1) is 12.3 Å². The molecule has 3 aliphatic rings. The largest absolute Gasteiger partial charge is 0.497 e. The minimum Gasteiger partial charge on any atom is -0.497 e. The molecule has 4 heterocycles. The highest BCUT2D eigenvalue weighted by Gasteiger charge is 2.44. The number of carbonyl (C=O) groups is 1. The zero-order chi connectivity index (χ0) is 22.2. The summed E-state index contributed by atoms with van der Waals surface area (Å²) in [6, 6.07) is 7.83. The molecule has 1 amide bonds. The molecule has 3 aliphatic heterocycles. The topological polar surface area (TPSA) is 63.7 Å². The van der Waals surface area contributed by atoms with E-state index < -0.39 is 12.2 Å². The number of aromatic nitrogens is 1. The maximum absolute atomic E-state index is 12.8. The van der Waals surface area contributed by atoms with E-state index in [1.165, 1.54) is 0 Å². The molecule has 0 saturated carbocycles. The molecule has 1 aromatic heterocycles. The number of nitrogens with zero attached hydrogens (tertiary/aromatic N) is 2. The van der Waals surface area contributed by atoms with Crippen LogP contribution in [0.1, 0.15) is 45.3 Å². The molecular formula is C25H31N3O3. The van der Waals surface area contributed by atoms with Gasteiger partial charge in [0, 0.05) is 35.1 Å². The van der Waals surface area contributed by atoms with Gasteiger partial charge in [0.2, 0.25) is 0 Å². The molecular weight excluding hydrogens is 390 g/mol. The Kier molecular flexibility index (Phi) is 5.81. The van der Waals surface area contributed by atoms with Gasteiger partial charge in [-0.25, -0.2) is 4.79 Å². The fourth-order valence-corrected chi connectivity index (χ4v) is 4.89. The Morgan fingerprint density at radius 2 is 2.16 bits per heavy atom. The predicted octanol–water partition coefficient (Wildman–Crippen LogP) is 4.15. The van der Waals surface area contributed by atoms with Crippen molar-refractivity contribution < 1.29 is 14.3 Å². The first kappa shape index (κ1) is 21.5. The van der Waals surface area contributed by atoms with Crippen LogP contribution >= 0.6 is 0 Å². The van der Waals surface area contributed by atoms with Gasteiger partial charge in [0.05, 0.1) is 18.7 Å². The van der Waals surface area contributed by atoms with Crippen molar-refractivity contribution in [3.63, 3.8) is 0 Å². The number of piperidine rings is 3. The van der Waals surface area contributed by atoms with E-state index in [0.717, 1.165) is 48.1 Å². The van der Waals surface area contributed by atoms with Crippen LogP contribution in [-0.2, 0) is 4.74 Å². The Bertz CT molecular complexity index is 1010. The normalized spacial score (nSPS) is 26.2. The summed E-state index contributed by atoms with van der Waals surface area (Å²) in [5.74, 6) is 4.44. The van der Waals surface area contributed by atoms with E-state index >= 15 is 0 Å². The molecule has 0 radical (unpaired) electrons. The number of alkyl carbamates (subject to hydrolysis) is 1. The summed E-state index contributed by atoms with van der Waals surface area (Å²) >= 11 is 0. The van der Waals surface area contributed by atoms with E-state index in [-0.39, 0.29) is 17.5 Å². The first-order chi connectivity index (χ1) is 14.8. The first-order valence-electron chi connectivity index (χ1n) is 10.9. The molecule has 1 aromatic carbocycles. The van der Waals surface area contributed by atoms with E-state index in [9.17, 15) is 4.79 Å². The fraction of sp³-hybridized carbons (Fsp3) is 0.520. The summed E-state index contributed by atoms with van der Waals surface area (Å²) in [6.45, 7) is 7.65. The van der Waals surface area contributed by atoms with Crippen LogP contribution in [0.2, 0.25) is 0 Å². The molecule has 6 heteroatoms. The number of fused-ring (bicyclic) bond motifs is 4. The van der Waals surface area contributed by atoms with Crippen molar-refractivity contribution in [1.82, 2.24) is 15.2 Å². The summed E-state index contributed by atoms with van der Waals surface area (Å²) in [4.78, 5) is 19.7. The average Bonchev–Trinajstić information content (AvgIpc) is 2.75. The Balaban J connectivity index is 1.74. The number of methoxy groups -OCH3 is 1. The molecule has 3 unspecified atom stereocenters. The maximum Gasteiger partial charge on any atom is 0.408 e. The highest BCUT2D eigenvalue weighted by atomic mass is 16.6. The van der Waals surface area contributed by atoms with Gasteiger partial charge in [-0.05, 0) is 70.3 Å². The van der Waals surface area contributed by atoms with Gasteiger partial charge in [0.15, 0.2) is 0 Å². The second-order valence-corrected chi connectivity index (χ2v) is 9.60. The Labute approximate surface area is 184 Å². The highest BCUT2D eigenvalue weighted by Crippen LogP contribution is 2.43. The van der Waals surface area contributed by atoms with Gasteiger partial charge < -0.3 is 14.8 Å². The Hall–Kier alpha value is -2.78. The molecule has 3 saturated heterocycles. The molecule has 2 bridgehead atoms. The average molecular weight is 422 g/mol. The van der Waals surface area contributed by atoms with Crippen LogP contribution in [-0.4, -0.2) is 47.8 Å². The molecule has 1 N–H and O–H groups in total. The number of terminal acetylenes is 1. The Morgan fingerprint density at radius 1 is 1.35 bits per heavy atom. The van der Waals surface area contributed by atoms with Gasteiger partial charge in [-0.2, -0.15) is 0 Å². The number of amides is 1. The fourth-order valence-electron chi connectivity index (χ4n) is 4.89. The monoisotopic (exact) mass is 421 g/mol. The van der Waals surface area contributed by atoms with Crippen molar-refractivity contribution >= 4 is 17.0 Å². The smallest absolute Gasteiger partial charge is 0.408 e. The number of hydrogen-bond acceptors (Lipinski definition) is 5. The van der Waals surface area contributed by atoms with Gasteiger partial charge in [0.25, 0.3) is 0 Å². The third-order valence-corrected chi connectivity index (χ3v) is 6.36. The van der Waals surface area contributed by atoms with Crippen molar-refractivity contribution in [3.05, 3.63) is 36.0 Å². The van der Waals surface area contributed by atoms with Crippen molar-refractivity contribution in [2.24, 2.45) is 11.8 Å². The lowest BCUT2D eigenvalue weighted by Crippen LogP contribution is -2.56. The predicted molar refractivity (Wildman–Crippen MR) is 121 cm³/mol. The zero-order valence-corrected chi connectivity index (χ0v) is 18.7. The van der Waals surface area contributed by atoms with Crippen LogP contribution in [0.25, 0.3) is 10.9 Å². The van der Waals surface area contributed by atoms with Crippen LogP contribution in [0.4, 0.5) is 4.79 Å². The molecule has 5 rings (SSSR count).